The number of rotatable bonds is 38. The van der Waals surface area contributed by atoms with Gasteiger partial charge in [0.25, 0.3) is 0 Å². The van der Waals surface area contributed by atoms with E-state index in [1.54, 1.807) is 0 Å². The van der Waals surface area contributed by atoms with Crippen molar-refractivity contribution in [3.63, 3.8) is 0 Å². The highest BCUT2D eigenvalue weighted by Crippen LogP contribution is 2.47. The van der Waals surface area contributed by atoms with Crippen LogP contribution in [0.25, 0.3) is 0 Å². The molecule has 0 aliphatic heterocycles. The summed E-state index contributed by atoms with van der Waals surface area (Å²) in [6, 6.07) is 0. The Morgan fingerprint density at radius 3 is 1.43 bits per heavy atom. The molecular weight excluding hydrogens is 827 g/mol. The van der Waals surface area contributed by atoms with Crippen LogP contribution in [0.5, 0.6) is 0 Å². The van der Waals surface area contributed by atoms with Crippen LogP contribution in [0, 0.1) is 0 Å². The van der Waals surface area contributed by atoms with Gasteiger partial charge in [-0.2, -0.15) is 0 Å². The van der Waals surface area contributed by atoms with Gasteiger partial charge in [-0.25, -0.2) is 4.57 Å². The van der Waals surface area contributed by atoms with E-state index in [-0.39, 0.29) is 12.8 Å². The van der Waals surface area contributed by atoms with Crippen LogP contribution < -0.4 is 0 Å². The van der Waals surface area contributed by atoms with E-state index in [0.717, 1.165) is 77.0 Å². The lowest BCUT2D eigenvalue weighted by Crippen LogP contribution is -2.64. The Bertz CT molecular complexity index is 1380. The van der Waals surface area contributed by atoms with Gasteiger partial charge in [0.05, 0.1) is 6.61 Å². The smallest absolute Gasteiger partial charge is 0.462 e. The average molecular weight is 911 g/mol. The second-order valence-corrected chi connectivity index (χ2v) is 17.6. The van der Waals surface area contributed by atoms with Gasteiger partial charge in [0.2, 0.25) is 0 Å². The monoisotopic (exact) mass is 911 g/mol. The summed E-state index contributed by atoms with van der Waals surface area (Å²) in [5.41, 5.74) is 0. The first-order chi connectivity index (χ1) is 30.4. The normalized spacial score (nSPS) is 22.3. The van der Waals surface area contributed by atoms with Gasteiger partial charge >= 0.3 is 19.8 Å². The van der Waals surface area contributed by atoms with Gasteiger partial charge in [0.1, 0.15) is 43.2 Å². The Morgan fingerprint density at radius 1 is 0.508 bits per heavy atom. The van der Waals surface area contributed by atoms with Gasteiger partial charge in [0.15, 0.2) is 6.10 Å². The minimum Gasteiger partial charge on any atom is -0.462 e. The lowest BCUT2D eigenvalue weighted by Gasteiger charge is -2.41. The molecule has 0 aromatic carbocycles. The van der Waals surface area contributed by atoms with Crippen LogP contribution in [-0.2, 0) is 32.7 Å². The molecule has 0 spiro atoms. The van der Waals surface area contributed by atoms with Crippen molar-refractivity contribution in [2.24, 2.45) is 0 Å². The van der Waals surface area contributed by atoms with Crippen LogP contribution in [-0.4, -0.2) is 98.3 Å². The number of aliphatic hydroxyl groups excluding tert-OH is 5. The molecule has 1 fully saturated rings. The maximum Gasteiger partial charge on any atom is 0.472 e. The Morgan fingerprint density at radius 2 is 0.905 bits per heavy atom. The number of aliphatic hydroxyl groups is 5. The number of phosphoric ester groups is 1. The molecule has 8 atom stereocenters. The molecule has 0 bridgehead atoms. The Balaban J connectivity index is 2.49. The molecule has 0 saturated heterocycles. The molecule has 13 nitrogen and oxygen atoms in total. The number of hydrogen-bond acceptors (Lipinski definition) is 12. The lowest BCUT2D eigenvalue weighted by molar-refractivity contribution is -0.220. The zero-order chi connectivity index (χ0) is 46.4. The molecule has 0 aromatic rings. The molecule has 0 heterocycles. The number of allylic oxidation sites excluding steroid dienone is 12. The summed E-state index contributed by atoms with van der Waals surface area (Å²) in [6.45, 7) is 3.13. The number of hydrogen-bond donors (Lipinski definition) is 6. The Kier molecular flexibility index (Phi) is 35.7. The molecule has 14 heteroatoms. The van der Waals surface area contributed by atoms with Crippen molar-refractivity contribution < 1.29 is 63.1 Å². The number of unbranched alkanes of at least 4 members (excludes halogenated alkanes) is 14. The Labute approximate surface area is 378 Å². The third-order valence-electron chi connectivity index (χ3n) is 10.5. The van der Waals surface area contributed by atoms with Crippen LogP contribution >= 0.6 is 7.82 Å². The highest BCUT2D eigenvalue weighted by molar-refractivity contribution is 7.47. The van der Waals surface area contributed by atoms with Crippen LogP contribution in [0.4, 0.5) is 0 Å². The first kappa shape index (κ1) is 58.3. The van der Waals surface area contributed by atoms with Gasteiger partial charge in [-0.05, 0) is 83.5 Å². The summed E-state index contributed by atoms with van der Waals surface area (Å²) >= 11 is 0. The van der Waals surface area contributed by atoms with Crippen LogP contribution in [0.3, 0.4) is 0 Å². The van der Waals surface area contributed by atoms with Gasteiger partial charge < -0.3 is 39.9 Å². The van der Waals surface area contributed by atoms with Gasteiger partial charge in [-0.3, -0.25) is 18.6 Å². The summed E-state index contributed by atoms with van der Waals surface area (Å²) in [4.78, 5) is 35.7. The number of esters is 2. The molecule has 1 aliphatic carbocycles. The van der Waals surface area contributed by atoms with Crippen molar-refractivity contribution in [2.45, 2.75) is 211 Å². The van der Waals surface area contributed by atoms with E-state index >= 15 is 0 Å². The van der Waals surface area contributed by atoms with Crippen molar-refractivity contribution in [3.05, 3.63) is 72.9 Å². The molecule has 1 aliphatic rings. The second kappa shape index (κ2) is 38.5. The molecule has 1 rings (SSSR count). The highest BCUT2D eigenvalue weighted by atomic mass is 31.2. The standard InChI is InChI=1S/C49H83O13P/c1-3-5-7-9-11-13-15-17-19-20-21-22-24-25-27-29-31-33-35-37-42(50)59-39-41(40-60-63(57,58)62-49-47(55)45(53)44(52)46(54)48(49)56)61-43(51)38-36-34-32-30-28-26-23-18-16-14-12-10-8-6-4-2/h5,7,11,13,17,19,21-22,25,27-28,30,41,44-49,52-56H,3-4,6,8-10,12,14-16,18,20,23-24,26,29,31-40H2,1-2H3,(H,57,58)/b7-5+,13-11+,19-17+,22-21+,27-25+,30-28+/t41-,44?,45-,46?,47?,48?,49?/m0/s1. The first-order valence-corrected chi connectivity index (χ1v) is 25.2. The average Bonchev–Trinajstić information content (AvgIpc) is 3.26. The van der Waals surface area contributed by atoms with Gasteiger partial charge in [0, 0.05) is 12.8 Å². The SMILES string of the molecule is CC/C=C/C/C=C/C/C=C/C/C=C/C/C=C/CCCCCC(=O)OC[C@@H](COP(=O)(O)OC1C(O)C(O)C(O)[C@H](O)C1O)OC(=O)CCCC/C=C/CCCCCCCCCCC. The summed E-state index contributed by atoms with van der Waals surface area (Å²) < 4.78 is 33.5. The third-order valence-corrected chi connectivity index (χ3v) is 11.5. The number of ether oxygens (including phenoxy) is 2. The molecule has 63 heavy (non-hydrogen) atoms. The molecule has 6 N–H and O–H groups in total. The fourth-order valence-electron chi connectivity index (χ4n) is 6.72. The summed E-state index contributed by atoms with van der Waals surface area (Å²) in [5, 5.41) is 50.2. The lowest BCUT2D eigenvalue weighted by atomic mass is 9.85. The van der Waals surface area contributed by atoms with Crippen molar-refractivity contribution in [3.8, 4) is 0 Å². The fourth-order valence-corrected chi connectivity index (χ4v) is 7.69. The Hall–Kier alpha value is -2.71. The van der Waals surface area contributed by atoms with Crippen LogP contribution in [0.15, 0.2) is 72.9 Å². The molecule has 362 valence electrons. The van der Waals surface area contributed by atoms with E-state index in [4.69, 9.17) is 18.5 Å². The van der Waals surface area contributed by atoms with Crippen molar-refractivity contribution >= 4 is 19.8 Å². The predicted octanol–water partition coefficient (Wildman–Crippen LogP) is 9.50. The van der Waals surface area contributed by atoms with Crippen LogP contribution in [0.1, 0.15) is 168 Å². The summed E-state index contributed by atoms with van der Waals surface area (Å²) in [5.74, 6) is -1.17. The molecule has 1 saturated carbocycles. The van der Waals surface area contributed by atoms with E-state index in [2.05, 4.69) is 86.8 Å². The molecule has 0 aromatic heterocycles. The predicted molar refractivity (Wildman–Crippen MR) is 249 cm³/mol. The third kappa shape index (κ3) is 31.0. The second-order valence-electron chi connectivity index (χ2n) is 16.2. The zero-order valence-corrected chi connectivity index (χ0v) is 39.2. The molecular formula is C49H83O13P. The van der Waals surface area contributed by atoms with E-state index in [9.17, 15) is 44.6 Å². The minimum atomic E-state index is -5.14. The van der Waals surface area contributed by atoms with E-state index in [0.29, 0.717) is 12.8 Å². The number of carbonyl (C=O) groups excluding carboxylic acids is 2. The largest absolute Gasteiger partial charge is 0.472 e. The minimum absolute atomic E-state index is 0.0558. The number of phosphoric acid groups is 1. The first-order valence-electron chi connectivity index (χ1n) is 23.7. The van der Waals surface area contributed by atoms with Gasteiger partial charge in [-0.15, -0.1) is 0 Å². The maximum absolute atomic E-state index is 12.8. The number of carbonyl (C=O) groups is 2. The highest BCUT2D eigenvalue weighted by Gasteiger charge is 2.51. The van der Waals surface area contributed by atoms with E-state index in [1.165, 1.54) is 51.4 Å². The van der Waals surface area contributed by atoms with Crippen molar-refractivity contribution in [1.29, 1.82) is 0 Å². The molecule has 6 unspecified atom stereocenters. The van der Waals surface area contributed by atoms with Crippen LogP contribution in [0.2, 0.25) is 0 Å². The van der Waals surface area contributed by atoms with Crippen molar-refractivity contribution in [2.75, 3.05) is 13.2 Å². The van der Waals surface area contributed by atoms with E-state index < -0.39 is 75.7 Å². The zero-order valence-electron chi connectivity index (χ0n) is 38.3. The quantitative estimate of drug-likeness (QED) is 0.0148. The van der Waals surface area contributed by atoms with Crippen molar-refractivity contribution in [1.82, 2.24) is 0 Å². The van der Waals surface area contributed by atoms with E-state index in [1.807, 2.05) is 0 Å². The topological polar surface area (TPSA) is 210 Å². The fraction of sp³-hybridized carbons (Fsp3) is 0.714. The van der Waals surface area contributed by atoms with Gasteiger partial charge in [-0.1, -0.05) is 145 Å². The summed E-state index contributed by atoms with van der Waals surface area (Å²) in [7, 11) is -5.14. The summed E-state index contributed by atoms with van der Waals surface area (Å²) in [6.07, 6.45) is 35.3. The molecule has 0 amide bonds. The molecule has 0 radical (unpaired) electrons. The maximum atomic E-state index is 12.8.